The third-order valence-corrected chi connectivity index (χ3v) is 6.53. The molecule has 2 aromatic heterocycles. The van der Waals surface area contributed by atoms with Crippen LogP contribution in [0.2, 0.25) is 0 Å². The molecule has 1 amide bonds. The molecule has 5 rings (SSSR count). The monoisotopic (exact) mass is 502 g/mol. The van der Waals surface area contributed by atoms with Crippen LogP contribution in [0.1, 0.15) is 44.5 Å². The normalized spacial score (nSPS) is 16.0. The highest BCUT2D eigenvalue weighted by Gasteiger charge is 2.35. The molecule has 0 saturated heterocycles. The van der Waals surface area contributed by atoms with Gasteiger partial charge < -0.3 is 14.2 Å². The van der Waals surface area contributed by atoms with Crippen molar-refractivity contribution >= 4 is 11.6 Å². The second-order valence-electron chi connectivity index (χ2n) is 10.7. The third kappa shape index (κ3) is 4.85. The number of amides is 1. The van der Waals surface area contributed by atoms with Crippen molar-refractivity contribution in [3.05, 3.63) is 72.2 Å². The zero-order valence-electron chi connectivity index (χ0n) is 21.8. The number of halogens is 1. The predicted octanol–water partition coefficient (Wildman–Crippen LogP) is 5.15. The summed E-state index contributed by atoms with van der Waals surface area (Å²) >= 11 is 0. The van der Waals surface area contributed by atoms with E-state index in [2.05, 4.69) is 36.1 Å². The first-order valence-corrected chi connectivity index (χ1v) is 12.3. The first-order chi connectivity index (χ1) is 17.6. The Kier molecular flexibility index (Phi) is 6.31. The first-order valence-electron chi connectivity index (χ1n) is 12.3. The molecule has 0 aliphatic carbocycles. The summed E-state index contributed by atoms with van der Waals surface area (Å²) in [5.41, 5.74) is 4.23. The Morgan fingerprint density at radius 1 is 1.14 bits per heavy atom. The molecule has 3 heterocycles. The number of aryl methyl sites for hydroxylation is 1. The molecule has 1 atom stereocenters. The molecule has 8 nitrogen and oxygen atoms in total. The molecule has 0 N–H and O–H groups in total. The van der Waals surface area contributed by atoms with Crippen molar-refractivity contribution in [3.8, 4) is 22.7 Å². The van der Waals surface area contributed by atoms with Gasteiger partial charge in [-0.25, -0.2) is 14.1 Å². The van der Waals surface area contributed by atoms with Gasteiger partial charge in [-0.05, 0) is 49.4 Å². The van der Waals surface area contributed by atoms with Crippen LogP contribution in [-0.2, 0) is 11.2 Å². The smallest absolute Gasteiger partial charge is 0.251 e. The van der Waals surface area contributed by atoms with Crippen LogP contribution in [0.5, 0.6) is 5.75 Å². The Balaban J connectivity index is 1.48. The number of imidazole rings is 1. The Labute approximate surface area is 215 Å². The van der Waals surface area contributed by atoms with Crippen LogP contribution in [0.25, 0.3) is 16.9 Å². The van der Waals surface area contributed by atoms with Crippen LogP contribution in [0.4, 0.5) is 10.1 Å². The van der Waals surface area contributed by atoms with Crippen molar-refractivity contribution in [2.75, 3.05) is 18.6 Å². The molecular weight excluding hydrogens is 471 g/mol. The fraction of sp³-hybridized carbons (Fsp3) is 0.357. The number of carbonyl (C=O) groups excluding carboxylic acids is 1. The number of nitrogens with zero attached hydrogens (tertiary/aromatic N) is 6. The summed E-state index contributed by atoms with van der Waals surface area (Å²) in [6.07, 6.45) is 6.31. The number of ether oxygens (including phenoxy) is 1. The van der Waals surface area contributed by atoms with Crippen LogP contribution in [0.3, 0.4) is 0 Å². The van der Waals surface area contributed by atoms with E-state index in [1.807, 2.05) is 42.0 Å². The van der Waals surface area contributed by atoms with E-state index in [0.717, 1.165) is 16.9 Å². The fourth-order valence-electron chi connectivity index (χ4n) is 4.80. The second-order valence-corrected chi connectivity index (χ2v) is 10.7. The van der Waals surface area contributed by atoms with E-state index in [4.69, 9.17) is 4.74 Å². The van der Waals surface area contributed by atoms with Crippen LogP contribution in [-0.4, -0.2) is 44.1 Å². The quantitative estimate of drug-likeness (QED) is 0.377. The third-order valence-electron chi connectivity index (χ3n) is 6.53. The number of methoxy groups -OCH3 is 1. The maximum Gasteiger partial charge on any atom is 0.251 e. The number of benzene rings is 2. The second kappa shape index (κ2) is 9.46. The summed E-state index contributed by atoms with van der Waals surface area (Å²) in [5.74, 6) is 0.265. The van der Waals surface area contributed by atoms with Crippen molar-refractivity contribution in [1.82, 2.24) is 24.5 Å². The van der Waals surface area contributed by atoms with Gasteiger partial charge >= 0.3 is 0 Å². The molecule has 4 aromatic rings. The van der Waals surface area contributed by atoms with Crippen molar-refractivity contribution in [2.24, 2.45) is 5.41 Å². The number of anilines is 1. The lowest BCUT2D eigenvalue weighted by Crippen LogP contribution is -2.41. The average molecular weight is 503 g/mol. The summed E-state index contributed by atoms with van der Waals surface area (Å²) in [5, 5.41) is 8.70. The van der Waals surface area contributed by atoms with Crippen molar-refractivity contribution in [2.45, 2.75) is 46.6 Å². The standard InChI is InChI=1S/C28H31FN6O2/c1-18-14-33(17-30-18)24-11-9-19(13-26(24)37-5)22-15-35(32-31-22)25-12-10-20-21(29)7-6-8-23(20)34(27(25)36)16-28(2,3)4/h6-9,11,13-15,17,25H,10,12,16H2,1-5H3/t25-/m0/s1. The zero-order chi connectivity index (χ0) is 26.3. The van der Waals surface area contributed by atoms with Crippen LogP contribution < -0.4 is 9.64 Å². The number of aromatic nitrogens is 5. The van der Waals surface area contributed by atoms with Gasteiger partial charge in [-0.2, -0.15) is 0 Å². The highest BCUT2D eigenvalue weighted by atomic mass is 19.1. The number of carbonyl (C=O) groups is 1. The van der Waals surface area contributed by atoms with E-state index >= 15 is 0 Å². The molecule has 37 heavy (non-hydrogen) atoms. The predicted molar refractivity (Wildman–Crippen MR) is 139 cm³/mol. The molecule has 192 valence electrons. The lowest BCUT2D eigenvalue weighted by atomic mass is 9.95. The molecule has 0 unspecified atom stereocenters. The molecule has 2 aromatic carbocycles. The SMILES string of the molecule is COc1cc(-c2cn([C@H]3CCc4c(F)cccc4N(CC(C)(C)C)C3=O)nn2)ccc1-n1cnc(C)c1. The van der Waals surface area contributed by atoms with Gasteiger partial charge in [0.25, 0.3) is 5.91 Å². The molecule has 0 spiro atoms. The summed E-state index contributed by atoms with van der Waals surface area (Å²) in [7, 11) is 1.62. The number of hydrogen-bond donors (Lipinski definition) is 0. The molecular formula is C28H31FN6O2. The van der Waals surface area contributed by atoms with E-state index in [1.54, 1.807) is 35.3 Å². The Bertz CT molecular complexity index is 1450. The van der Waals surface area contributed by atoms with Crippen molar-refractivity contribution in [1.29, 1.82) is 0 Å². The van der Waals surface area contributed by atoms with Gasteiger partial charge in [-0.1, -0.05) is 38.1 Å². The van der Waals surface area contributed by atoms with Gasteiger partial charge in [0.1, 0.15) is 23.3 Å². The first kappa shape index (κ1) is 24.7. The lowest BCUT2D eigenvalue weighted by molar-refractivity contribution is -0.122. The molecule has 1 aliphatic rings. The maximum atomic E-state index is 14.8. The van der Waals surface area contributed by atoms with E-state index in [0.29, 0.717) is 42.1 Å². The van der Waals surface area contributed by atoms with Gasteiger partial charge in [0, 0.05) is 29.6 Å². The topological polar surface area (TPSA) is 78.1 Å². The Morgan fingerprint density at radius 3 is 2.65 bits per heavy atom. The summed E-state index contributed by atoms with van der Waals surface area (Å²) in [6, 6.07) is 10.1. The van der Waals surface area contributed by atoms with Crippen LogP contribution in [0.15, 0.2) is 55.1 Å². The molecule has 1 aliphatic heterocycles. The highest BCUT2D eigenvalue weighted by Crippen LogP contribution is 2.36. The average Bonchev–Trinajstić information content (AvgIpc) is 3.49. The number of hydrogen-bond acceptors (Lipinski definition) is 5. The van der Waals surface area contributed by atoms with Crippen LogP contribution in [0, 0.1) is 18.2 Å². The summed E-state index contributed by atoms with van der Waals surface area (Å²) < 4.78 is 23.9. The lowest BCUT2D eigenvalue weighted by Gasteiger charge is -2.32. The number of rotatable bonds is 5. The Hall–Kier alpha value is -4.01. The van der Waals surface area contributed by atoms with Crippen molar-refractivity contribution in [3.63, 3.8) is 0 Å². The molecule has 0 fully saturated rings. The number of fused-ring (bicyclic) bond motifs is 1. The zero-order valence-corrected chi connectivity index (χ0v) is 21.8. The van der Waals surface area contributed by atoms with Gasteiger partial charge in [0.05, 0.1) is 31.0 Å². The summed E-state index contributed by atoms with van der Waals surface area (Å²) in [6.45, 7) is 8.59. The minimum absolute atomic E-state index is 0.112. The van der Waals surface area contributed by atoms with E-state index in [9.17, 15) is 9.18 Å². The van der Waals surface area contributed by atoms with Gasteiger partial charge in [0.15, 0.2) is 0 Å². The van der Waals surface area contributed by atoms with Gasteiger partial charge in [-0.15, -0.1) is 5.10 Å². The van der Waals surface area contributed by atoms with Gasteiger partial charge in [0.2, 0.25) is 0 Å². The largest absolute Gasteiger partial charge is 0.495 e. The van der Waals surface area contributed by atoms with E-state index in [-0.39, 0.29) is 17.1 Å². The molecule has 0 bridgehead atoms. The minimum atomic E-state index is -0.592. The maximum absolute atomic E-state index is 14.8. The Morgan fingerprint density at radius 2 is 1.95 bits per heavy atom. The summed E-state index contributed by atoms with van der Waals surface area (Å²) in [4.78, 5) is 19.8. The van der Waals surface area contributed by atoms with Gasteiger partial charge in [-0.3, -0.25) is 4.79 Å². The highest BCUT2D eigenvalue weighted by molar-refractivity contribution is 5.97. The fourth-order valence-corrected chi connectivity index (χ4v) is 4.80. The molecule has 0 saturated carbocycles. The molecule has 9 heteroatoms. The molecule has 0 radical (unpaired) electrons. The van der Waals surface area contributed by atoms with E-state index < -0.39 is 6.04 Å². The van der Waals surface area contributed by atoms with Crippen molar-refractivity contribution < 1.29 is 13.9 Å². The van der Waals surface area contributed by atoms with E-state index in [1.165, 1.54) is 6.07 Å². The minimum Gasteiger partial charge on any atom is -0.495 e. The van der Waals surface area contributed by atoms with Crippen LogP contribution >= 0.6 is 0 Å².